The number of hydrogen-bond acceptors (Lipinski definition) is 5. The van der Waals surface area contributed by atoms with Crippen molar-refractivity contribution in [3.05, 3.63) is 11.8 Å². The van der Waals surface area contributed by atoms with Gasteiger partial charge in [0.1, 0.15) is 5.82 Å². The third-order valence-corrected chi connectivity index (χ3v) is 5.70. The van der Waals surface area contributed by atoms with Gasteiger partial charge in [-0.3, -0.25) is 0 Å². The first-order valence-corrected chi connectivity index (χ1v) is 8.77. The van der Waals surface area contributed by atoms with E-state index in [1.54, 1.807) is 6.07 Å². The molecule has 1 aliphatic heterocycles. The number of carbonyl (C=O) groups is 1. The van der Waals surface area contributed by atoms with Gasteiger partial charge in [0, 0.05) is 25.2 Å². The second-order valence-corrected chi connectivity index (χ2v) is 7.39. The van der Waals surface area contributed by atoms with E-state index in [9.17, 15) is 9.90 Å². The molecule has 1 spiro atoms. The van der Waals surface area contributed by atoms with Crippen LogP contribution in [0.4, 0.5) is 11.8 Å². The highest BCUT2D eigenvalue weighted by Crippen LogP contribution is 2.56. The molecule has 6 heteroatoms. The molecule has 23 heavy (non-hydrogen) atoms. The summed E-state index contributed by atoms with van der Waals surface area (Å²) in [5.41, 5.74) is 0.677. The maximum Gasteiger partial charge on any atom is 0.354 e. The zero-order chi connectivity index (χ0) is 15.9. The highest BCUT2D eigenvalue weighted by atomic mass is 16.4. The van der Waals surface area contributed by atoms with E-state index in [2.05, 4.69) is 20.2 Å². The van der Waals surface area contributed by atoms with E-state index in [-0.39, 0.29) is 5.69 Å². The third-order valence-electron chi connectivity index (χ3n) is 5.70. The highest BCUT2D eigenvalue weighted by molar-refractivity contribution is 5.86. The summed E-state index contributed by atoms with van der Waals surface area (Å²) in [6.07, 6.45) is 9.93. The van der Waals surface area contributed by atoms with Crippen LogP contribution in [-0.2, 0) is 0 Å². The Hall–Kier alpha value is -1.85. The largest absolute Gasteiger partial charge is 0.477 e. The van der Waals surface area contributed by atoms with Crippen molar-refractivity contribution in [2.24, 2.45) is 5.41 Å². The molecule has 2 aliphatic carbocycles. The molecular formula is C17H24N4O2. The Labute approximate surface area is 136 Å². The number of nitrogens with zero attached hydrogens (tertiary/aromatic N) is 3. The molecule has 0 bridgehead atoms. The van der Waals surface area contributed by atoms with Gasteiger partial charge in [-0.25, -0.2) is 9.78 Å². The summed E-state index contributed by atoms with van der Waals surface area (Å²) < 4.78 is 0. The summed E-state index contributed by atoms with van der Waals surface area (Å²) in [6, 6.07) is 2.00. The molecule has 6 nitrogen and oxygen atoms in total. The maximum atomic E-state index is 11.4. The normalized spacial score (nSPS) is 23.2. The molecule has 2 saturated carbocycles. The molecule has 3 aliphatic rings. The zero-order valence-electron chi connectivity index (χ0n) is 13.4. The third kappa shape index (κ3) is 2.86. The van der Waals surface area contributed by atoms with Crippen LogP contribution in [0.3, 0.4) is 0 Å². The van der Waals surface area contributed by atoms with Gasteiger partial charge < -0.3 is 15.3 Å². The van der Waals surface area contributed by atoms with Crippen LogP contribution in [0.5, 0.6) is 0 Å². The van der Waals surface area contributed by atoms with Gasteiger partial charge in [-0.15, -0.1) is 0 Å². The quantitative estimate of drug-likeness (QED) is 0.889. The maximum absolute atomic E-state index is 11.4. The van der Waals surface area contributed by atoms with Crippen LogP contribution in [0, 0.1) is 5.41 Å². The Balaban J connectivity index is 1.50. The Morgan fingerprint density at radius 1 is 1.17 bits per heavy atom. The van der Waals surface area contributed by atoms with Crippen molar-refractivity contribution in [1.29, 1.82) is 0 Å². The number of nitrogens with one attached hydrogen (secondary N) is 1. The smallest absolute Gasteiger partial charge is 0.354 e. The lowest BCUT2D eigenvalue weighted by atomic mass is 9.54. The van der Waals surface area contributed by atoms with Crippen LogP contribution in [0.2, 0.25) is 0 Å². The minimum absolute atomic E-state index is 0.0840. The SMILES string of the molecule is O=C(O)c1cc(NC2CC3(CCC3)C2)nc(N2CCCCC2)n1. The Bertz CT molecular complexity index is 601. The lowest BCUT2D eigenvalue weighted by molar-refractivity contribution is 0.0191. The van der Waals surface area contributed by atoms with Crippen molar-refractivity contribution in [3.8, 4) is 0 Å². The molecule has 0 radical (unpaired) electrons. The first kappa shape index (κ1) is 14.7. The van der Waals surface area contributed by atoms with E-state index in [1.807, 2.05) is 0 Å². The first-order valence-electron chi connectivity index (χ1n) is 8.77. The van der Waals surface area contributed by atoms with Crippen molar-refractivity contribution >= 4 is 17.7 Å². The van der Waals surface area contributed by atoms with Gasteiger partial charge in [0.25, 0.3) is 0 Å². The van der Waals surface area contributed by atoms with Gasteiger partial charge >= 0.3 is 5.97 Å². The summed E-state index contributed by atoms with van der Waals surface area (Å²) >= 11 is 0. The van der Waals surface area contributed by atoms with Gasteiger partial charge in [0.15, 0.2) is 5.69 Å². The molecule has 0 atom stereocenters. The van der Waals surface area contributed by atoms with Crippen LogP contribution in [0.1, 0.15) is 61.9 Å². The average Bonchev–Trinajstić information content (AvgIpc) is 2.49. The molecular weight excluding hydrogens is 292 g/mol. The number of aromatic nitrogens is 2. The monoisotopic (exact) mass is 316 g/mol. The molecule has 1 aromatic rings. The summed E-state index contributed by atoms with van der Waals surface area (Å²) in [5.74, 6) is 0.236. The number of carboxylic acid groups (broad SMARTS) is 1. The summed E-state index contributed by atoms with van der Waals surface area (Å²) in [6.45, 7) is 1.82. The van der Waals surface area contributed by atoms with Crippen LogP contribution in [0.15, 0.2) is 6.07 Å². The van der Waals surface area contributed by atoms with Gasteiger partial charge in [-0.1, -0.05) is 6.42 Å². The van der Waals surface area contributed by atoms with E-state index in [1.165, 1.54) is 38.5 Å². The predicted octanol–water partition coefficient (Wildman–Crippen LogP) is 2.91. The van der Waals surface area contributed by atoms with Gasteiger partial charge in [0.05, 0.1) is 0 Å². The topological polar surface area (TPSA) is 78.3 Å². The van der Waals surface area contributed by atoms with Crippen molar-refractivity contribution in [3.63, 3.8) is 0 Å². The number of piperidine rings is 1. The number of anilines is 2. The Morgan fingerprint density at radius 2 is 1.91 bits per heavy atom. The second-order valence-electron chi connectivity index (χ2n) is 7.39. The highest BCUT2D eigenvalue weighted by Gasteiger charge is 2.48. The van der Waals surface area contributed by atoms with E-state index in [0.29, 0.717) is 23.2 Å². The molecule has 124 valence electrons. The second kappa shape index (κ2) is 5.65. The van der Waals surface area contributed by atoms with Crippen LogP contribution in [0.25, 0.3) is 0 Å². The van der Waals surface area contributed by atoms with E-state index in [0.717, 1.165) is 25.9 Å². The van der Waals surface area contributed by atoms with Crippen LogP contribution < -0.4 is 10.2 Å². The lowest BCUT2D eigenvalue weighted by Gasteiger charge is -2.54. The minimum atomic E-state index is -0.988. The van der Waals surface area contributed by atoms with Crippen molar-refractivity contribution in [2.45, 2.75) is 57.4 Å². The zero-order valence-corrected chi connectivity index (χ0v) is 13.4. The average molecular weight is 316 g/mol. The van der Waals surface area contributed by atoms with E-state index in [4.69, 9.17) is 0 Å². The fourth-order valence-corrected chi connectivity index (χ4v) is 4.24. The fourth-order valence-electron chi connectivity index (χ4n) is 4.24. The summed E-state index contributed by atoms with van der Waals surface area (Å²) in [5, 5.41) is 12.8. The summed E-state index contributed by atoms with van der Waals surface area (Å²) in [4.78, 5) is 22.3. The lowest BCUT2D eigenvalue weighted by Crippen LogP contribution is -2.49. The Morgan fingerprint density at radius 3 is 2.52 bits per heavy atom. The summed E-state index contributed by atoms with van der Waals surface area (Å²) in [7, 11) is 0. The van der Waals surface area contributed by atoms with Crippen molar-refractivity contribution in [2.75, 3.05) is 23.3 Å². The van der Waals surface area contributed by atoms with Crippen molar-refractivity contribution in [1.82, 2.24) is 9.97 Å². The van der Waals surface area contributed by atoms with Crippen LogP contribution in [-0.4, -0.2) is 40.2 Å². The molecule has 0 unspecified atom stereocenters. The molecule has 0 aromatic carbocycles. The van der Waals surface area contributed by atoms with Gasteiger partial charge in [0.2, 0.25) is 5.95 Å². The first-order chi connectivity index (χ1) is 11.1. The minimum Gasteiger partial charge on any atom is -0.477 e. The number of aromatic carboxylic acids is 1. The predicted molar refractivity (Wildman–Crippen MR) is 88.0 cm³/mol. The Kier molecular flexibility index (Phi) is 3.62. The van der Waals surface area contributed by atoms with Crippen LogP contribution >= 0.6 is 0 Å². The van der Waals surface area contributed by atoms with E-state index < -0.39 is 5.97 Å². The standard InChI is InChI=1S/C17H24N4O2/c22-15(23)13-9-14(18-12-10-17(11-12)5-4-6-17)20-16(19-13)21-7-2-1-3-8-21/h9,12H,1-8,10-11H2,(H,22,23)(H,18,19,20). The molecule has 3 fully saturated rings. The molecule has 0 amide bonds. The van der Waals surface area contributed by atoms with Crippen molar-refractivity contribution < 1.29 is 9.90 Å². The number of rotatable bonds is 4. The van der Waals surface area contributed by atoms with Gasteiger partial charge in [-0.05, 0) is 50.4 Å². The molecule has 4 rings (SSSR count). The van der Waals surface area contributed by atoms with E-state index >= 15 is 0 Å². The molecule has 1 aromatic heterocycles. The fraction of sp³-hybridized carbons (Fsp3) is 0.706. The molecule has 2 heterocycles. The number of carboxylic acids is 1. The number of hydrogen-bond donors (Lipinski definition) is 2. The van der Waals surface area contributed by atoms with Gasteiger partial charge in [-0.2, -0.15) is 4.98 Å². The molecule has 2 N–H and O–H groups in total. The molecule has 1 saturated heterocycles.